The zero-order valence-electron chi connectivity index (χ0n) is 16.1. The summed E-state index contributed by atoms with van der Waals surface area (Å²) in [5, 5.41) is 10.1. The first kappa shape index (κ1) is 19.4. The topological polar surface area (TPSA) is 76.0 Å². The summed E-state index contributed by atoms with van der Waals surface area (Å²) in [4.78, 5) is 24.4. The van der Waals surface area contributed by atoms with E-state index in [4.69, 9.17) is 0 Å². The Morgan fingerprint density at radius 3 is 2.25 bits per heavy atom. The highest BCUT2D eigenvalue weighted by atomic mass is 16.2. The highest BCUT2D eigenvalue weighted by molar-refractivity contribution is 6.04. The molecule has 2 amide bonds. The predicted octanol–water partition coefficient (Wildman–Crippen LogP) is 3.57. The number of amides is 2. The smallest absolute Gasteiger partial charge is 0.255 e. The molecule has 0 aliphatic rings. The molecule has 0 aliphatic heterocycles. The molecule has 3 aromatic rings. The van der Waals surface area contributed by atoms with Gasteiger partial charge in [0.2, 0.25) is 0 Å². The van der Waals surface area contributed by atoms with E-state index in [1.54, 1.807) is 36.4 Å². The molecule has 0 saturated carbocycles. The van der Waals surface area contributed by atoms with Gasteiger partial charge >= 0.3 is 0 Å². The van der Waals surface area contributed by atoms with Crippen molar-refractivity contribution in [3.63, 3.8) is 0 Å². The minimum absolute atomic E-state index is 0.130. The van der Waals surface area contributed by atoms with Crippen molar-refractivity contribution in [3.05, 3.63) is 83.2 Å². The van der Waals surface area contributed by atoms with Crippen LogP contribution in [0.2, 0.25) is 0 Å². The van der Waals surface area contributed by atoms with Crippen molar-refractivity contribution >= 4 is 17.5 Å². The van der Waals surface area contributed by atoms with E-state index < -0.39 is 0 Å². The molecule has 0 radical (unpaired) electrons. The highest BCUT2D eigenvalue weighted by Crippen LogP contribution is 2.11. The van der Waals surface area contributed by atoms with Gasteiger partial charge in [-0.15, -0.1) is 0 Å². The van der Waals surface area contributed by atoms with Crippen LogP contribution in [0.25, 0.3) is 0 Å². The maximum Gasteiger partial charge on any atom is 0.255 e. The molecule has 0 fully saturated rings. The minimum Gasteiger partial charge on any atom is -0.352 e. The summed E-state index contributed by atoms with van der Waals surface area (Å²) in [7, 11) is 0. The van der Waals surface area contributed by atoms with Gasteiger partial charge in [-0.05, 0) is 62.7 Å². The molecular weight excluding hydrogens is 352 g/mol. The van der Waals surface area contributed by atoms with E-state index in [1.165, 1.54) is 0 Å². The lowest BCUT2D eigenvalue weighted by Gasteiger charge is -2.08. The molecule has 0 aliphatic carbocycles. The summed E-state index contributed by atoms with van der Waals surface area (Å²) in [6, 6.07) is 17.9. The molecule has 1 heterocycles. The largest absolute Gasteiger partial charge is 0.352 e. The van der Waals surface area contributed by atoms with E-state index in [2.05, 4.69) is 15.7 Å². The van der Waals surface area contributed by atoms with Crippen LogP contribution in [0.4, 0.5) is 5.69 Å². The van der Waals surface area contributed by atoms with Gasteiger partial charge in [-0.25, -0.2) is 0 Å². The first-order valence-corrected chi connectivity index (χ1v) is 9.28. The van der Waals surface area contributed by atoms with Gasteiger partial charge < -0.3 is 10.6 Å². The van der Waals surface area contributed by atoms with E-state index in [-0.39, 0.29) is 11.8 Å². The molecule has 2 N–H and O–H groups in total. The normalized spacial score (nSPS) is 10.5. The van der Waals surface area contributed by atoms with Crippen LogP contribution in [0.5, 0.6) is 0 Å². The summed E-state index contributed by atoms with van der Waals surface area (Å²) in [5.74, 6) is -0.309. The summed E-state index contributed by atoms with van der Waals surface area (Å²) < 4.78 is 1.95. The van der Waals surface area contributed by atoms with E-state index in [1.807, 2.05) is 42.8 Å². The van der Waals surface area contributed by atoms with Crippen molar-refractivity contribution in [2.24, 2.45) is 0 Å². The summed E-state index contributed by atoms with van der Waals surface area (Å²) in [5.41, 5.74) is 3.92. The van der Waals surface area contributed by atoms with Gasteiger partial charge in [-0.3, -0.25) is 14.3 Å². The molecule has 28 heavy (non-hydrogen) atoms. The molecule has 3 rings (SSSR count). The quantitative estimate of drug-likeness (QED) is 0.619. The zero-order valence-corrected chi connectivity index (χ0v) is 16.1. The minimum atomic E-state index is -0.179. The Labute approximate surface area is 164 Å². The Morgan fingerprint density at radius 2 is 1.61 bits per heavy atom. The van der Waals surface area contributed by atoms with Crippen molar-refractivity contribution in [1.82, 2.24) is 15.1 Å². The van der Waals surface area contributed by atoms with Crippen molar-refractivity contribution in [2.75, 3.05) is 11.9 Å². The fraction of sp³-hybridized carbons (Fsp3) is 0.227. The molecule has 6 nitrogen and oxygen atoms in total. The van der Waals surface area contributed by atoms with Crippen LogP contribution in [-0.2, 0) is 6.54 Å². The number of aryl methyl sites for hydroxylation is 3. The monoisotopic (exact) mass is 376 g/mol. The second-order valence-electron chi connectivity index (χ2n) is 6.66. The fourth-order valence-corrected chi connectivity index (χ4v) is 2.93. The molecule has 0 unspecified atom stereocenters. The number of carbonyl (C=O) groups is 2. The van der Waals surface area contributed by atoms with Crippen LogP contribution in [0, 0.1) is 13.8 Å². The molecule has 1 aromatic heterocycles. The van der Waals surface area contributed by atoms with Crippen LogP contribution in [0.1, 0.15) is 38.5 Å². The van der Waals surface area contributed by atoms with Gasteiger partial charge in [0.25, 0.3) is 11.8 Å². The summed E-state index contributed by atoms with van der Waals surface area (Å²) in [6.07, 6.45) is 0.804. The van der Waals surface area contributed by atoms with Crippen LogP contribution in [0.15, 0.2) is 60.7 Å². The van der Waals surface area contributed by atoms with Gasteiger partial charge in [0.1, 0.15) is 0 Å². The number of benzene rings is 2. The molecular formula is C22H24N4O2. The number of hydrogen-bond acceptors (Lipinski definition) is 3. The van der Waals surface area contributed by atoms with Gasteiger partial charge in [-0.2, -0.15) is 5.10 Å². The number of nitrogens with zero attached hydrogens (tertiary/aromatic N) is 2. The molecule has 0 spiro atoms. The lowest BCUT2D eigenvalue weighted by molar-refractivity contribution is 0.0952. The summed E-state index contributed by atoms with van der Waals surface area (Å²) >= 11 is 0. The number of aromatic nitrogens is 2. The SMILES string of the molecule is Cc1cc(C)n(CCCNC(=O)c2ccc(NC(=O)c3ccccc3)cc2)n1. The highest BCUT2D eigenvalue weighted by Gasteiger charge is 2.08. The number of hydrogen-bond donors (Lipinski definition) is 2. The average Bonchev–Trinajstić information content (AvgIpc) is 3.03. The van der Waals surface area contributed by atoms with E-state index in [0.29, 0.717) is 23.4 Å². The zero-order chi connectivity index (χ0) is 19.9. The number of carbonyl (C=O) groups excluding carboxylic acids is 2. The number of rotatable bonds is 7. The van der Waals surface area contributed by atoms with Crippen LogP contribution in [0.3, 0.4) is 0 Å². The molecule has 2 aromatic carbocycles. The Morgan fingerprint density at radius 1 is 0.929 bits per heavy atom. The molecule has 0 atom stereocenters. The lowest BCUT2D eigenvalue weighted by atomic mass is 10.1. The van der Waals surface area contributed by atoms with Gasteiger partial charge in [0, 0.05) is 35.6 Å². The van der Waals surface area contributed by atoms with Crippen LogP contribution < -0.4 is 10.6 Å². The third-order valence-corrected chi connectivity index (χ3v) is 4.38. The van der Waals surface area contributed by atoms with Crippen molar-refractivity contribution < 1.29 is 9.59 Å². The molecule has 6 heteroatoms. The van der Waals surface area contributed by atoms with Gasteiger partial charge in [0.05, 0.1) is 5.69 Å². The van der Waals surface area contributed by atoms with Crippen LogP contribution in [-0.4, -0.2) is 28.1 Å². The maximum atomic E-state index is 12.3. The third kappa shape index (κ3) is 5.07. The Balaban J connectivity index is 1.47. The maximum absolute atomic E-state index is 12.3. The second-order valence-corrected chi connectivity index (χ2v) is 6.66. The Hall–Kier alpha value is -3.41. The fourth-order valence-electron chi connectivity index (χ4n) is 2.93. The van der Waals surface area contributed by atoms with Crippen LogP contribution >= 0.6 is 0 Å². The summed E-state index contributed by atoms with van der Waals surface area (Å²) in [6.45, 7) is 5.34. The average molecular weight is 376 g/mol. The van der Waals surface area contributed by atoms with E-state index >= 15 is 0 Å². The third-order valence-electron chi connectivity index (χ3n) is 4.38. The Kier molecular flexibility index (Phi) is 6.22. The molecule has 0 saturated heterocycles. The van der Waals surface area contributed by atoms with Gasteiger partial charge in [0.15, 0.2) is 0 Å². The first-order chi connectivity index (χ1) is 13.5. The molecule has 0 bridgehead atoms. The van der Waals surface area contributed by atoms with Crippen molar-refractivity contribution in [2.45, 2.75) is 26.8 Å². The van der Waals surface area contributed by atoms with Crippen molar-refractivity contribution in [3.8, 4) is 0 Å². The Bertz CT molecular complexity index is 946. The molecule has 144 valence electrons. The second kappa shape index (κ2) is 8.99. The predicted molar refractivity (Wildman–Crippen MR) is 109 cm³/mol. The first-order valence-electron chi connectivity index (χ1n) is 9.28. The van der Waals surface area contributed by atoms with E-state index in [9.17, 15) is 9.59 Å². The lowest BCUT2D eigenvalue weighted by Crippen LogP contribution is -2.25. The standard InChI is InChI=1S/C22H24N4O2/c1-16-15-17(2)26(25-16)14-6-13-23-21(27)19-9-11-20(12-10-19)24-22(28)18-7-4-3-5-8-18/h3-5,7-12,15H,6,13-14H2,1-2H3,(H,23,27)(H,24,28). The number of nitrogens with one attached hydrogen (secondary N) is 2. The van der Waals surface area contributed by atoms with Crippen molar-refractivity contribution in [1.29, 1.82) is 0 Å². The van der Waals surface area contributed by atoms with E-state index in [0.717, 1.165) is 24.4 Å². The van der Waals surface area contributed by atoms with Gasteiger partial charge in [-0.1, -0.05) is 18.2 Å². The number of anilines is 1.